The van der Waals surface area contributed by atoms with Crippen molar-refractivity contribution in [3.8, 4) is 0 Å². The number of rotatable bonds is 14. The predicted octanol–water partition coefficient (Wildman–Crippen LogP) is 9.47. The van der Waals surface area contributed by atoms with Crippen molar-refractivity contribution in [1.29, 1.82) is 0 Å². The van der Waals surface area contributed by atoms with Crippen molar-refractivity contribution in [2.24, 2.45) is 0 Å². The van der Waals surface area contributed by atoms with Crippen LogP contribution >= 0.6 is 7.26 Å². The molecule has 0 spiro atoms. The normalized spacial score (nSPS) is 13.5. The lowest BCUT2D eigenvalue weighted by atomic mass is 10.1. The van der Waals surface area contributed by atoms with Crippen LogP contribution < -0.4 is 15.9 Å². The molecule has 0 amide bonds. The number of hydrogen-bond donors (Lipinski definition) is 0. The van der Waals surface area contributed by atoms with Gasteiger partial charge in [-0.05, 0) is 61.0 Å². The molecule has 3 aromatic carbocycles. The van der Waals surface area contributed by atoms with Crippen molar-refractivity contribution in [1.82, 2.24) is 0 Å². The van der Waals surface area contributed by atoms with Crippen LogP contribution in [0.5, 0.6) is 0 Å². The van der Waals surface area contributed by atoms with Gasteiger partial charge < -0.3 is 4.43 Å². The van der Waals surface area contributed by atoms with Crippen molar-refractivity contribution < 1.29 is 4.43 Å². The number of hydrogen-bond acceptors (Lipinski definition) is 1. The zero-order valence-corrected chi connectivity index (χ0v) is 26.1. The first kappa shape index (κ1) is 29.8. The van der Waals surface area contributed by atoms with Crippen LogP contribution in [0.2, 0.25) is 18.1 Å². The van der Waals surface area contributed by atoms with Gasteiger partial charge in [-0.2, -0.15) is 0 Å². The minimum atomic E-state index is -2.08. The molecule has 1 nitrogen and oxygen atoms in total. The predicted molar refractivity (Wildman–Crippen MR) is 170 cm³/mol. The molecule has 0 saturated carbocycles. The summed E-state index contributed by atoms with van der Waals surface area (Å²) < 4.78 is 7.56. The maximum atomic E-state index is 7.56. The van der Waals surface area contributed by atoms with Crippen molar-refractivity contribution >= 4 is 31.5 Å². The summed E-state index contributed by atoms with van der Waals surface area (Å²) in [5, 5.41) is 4.45. The standard InChI is InChI=1S/C34H50OPSi/c1-7-8-9-10-11-12-22-29-33(35-37(5,6)34(2,3)4)36(30-23-16-13-17-24-30,31-25-18-14-19-26-31)32-27-20-15-21-28-32/h13-21,23-28,33H,7-12,22,29H2,1-6H3/q+1. The lowest BCUT2D eigenvalue weighted by Gasteiger charge is -2.43. The fourth-order valence-corrected chi connectivity index (χ4v) is 12.0. The molecule has 0 aliphatic rings. The van der Waals surface area contributed by atoms with Gasteiger partial charge in [0, 0.05) is 6.42 Å². The van der Waals surface area contributed by atoms with Crippen LogP contribution in [0.1, 0.15) is 79.1 Å². The van der Waals surface area contributed by atoms with Crippen molar-refractivity contribution in [2.45, 2.75) is 103 Å². The summed E-state index contributed by atoms with van der Waals surface area (Å²) in [6.45, 7) is 14.3. The number of unbranched alkanes of at least 4 members (excludes halogenated alkanes) is 6. The molecule has 1 unspecified atom stereocenters. The van der Waals surface area contributed by atoms with Gasteiger partial charge in [0.05, 0.1) is 0 Å². The molecule has 0 N–H and O–H groups in total. The maximum absolute atomic E-state index is 7.56. The Kier molecular flexibility index (Phi) is 11.2. The first-order chi connectivity index (χ1) is 17.7. The fraction of sp³-hybridized carbons (Fsp3) is 0.471. The highest BCUT2D eigenvalue weighted by atomic mass is 31.2. The molecule has 3 aromatic rings. The molecule has 37 heavy (non-hydrogen) atoms. The minimum Gasteiger partial charge on any atom is -0.383 e. The van der Waals surface area contributed by atoms with Crippen LogP contribution in [0.4, 0.5) is 0 Å². The second-order valence-electron chi connectivity index (χ2n) is 12.0. The van der Waals surface area contributed by atoms with Crippen molar-refractivity contribution in [2.75, 3.05) is 0 Å². The molecule has 3 heteroatoms. The zero-order valence-electron chi connectivity index (χ0n) is 24.2. The van der Waals surface area contributed by atoms with E-state index in [1.807, 2.05) is 0 Å². The monoisotopic (exact) mass is 533 g/mol. The Hall–Kier alpha value is -1.73. The third kappa shape index (κ3) is 7.44. The average Bonchev–Trinajstić information content (AvgIpc) is 2.89. The molecule has 3 rings (SSSR count). The molecule has 0 radical (unpaired) electrons. The Morgan fingerprint density at radius 3 is 1.38 bits per heavy atom. The van der Waals surface area contributed by atoms with E-state index >= 15 is 0 Å². The van der Waals surface area contributed by atoms with Crippen LogP contribution in [-0.2, 0) is 4.43 Å². The highest BCUT2D eigenvalue weighted by molar-refractivity contribution is 7.96. The van der Waals surface area contributed by atoms with E-state index in [0.29, 0.717) is 0 Å². The summed E-state index contributed by atoms with van der Waals surface area (Å²) in [4.78, 5) is 0. The minimum absolute atomic E-state index is 0.158. The van der Waals surface area contributed by atoms with Gasteiger partial charge in [-0.15, -0.1) is 0 Å². The SMILES string of the molecule is CCCCCCCCCC(O[Si](C)(C)C(C)(C)C)[P+](c1ccccc1)(c1ccccc1)c1ccccc1. The van der Waals surface area contributed by atoms with Crippen LogP contribution in [0.3, 0.4) is 0 Å². The lowest BCUT2D eigenvalue weighted by molar-refractivity contribution is 0.241. The zero-order chi connectivity index (χ0) is 26.8. The van der Waals surface area contributed by atoms with Crippen LogP contribution in [0, 0.1) is 0 Å². The molecule has 0 bridgehead atoms. The molecule has 0 aromatic heterocycles. The third-order valence-electron chi connectivity index (χ3n) is 8.21. The van der Waals surface area contributed by atoms with Gasteiger partial charge >= 0.3 is 0 Å². The van der Waals surface area contributed by atoms with E-state index in [4.69, 9.17) is 4.43 Å². The van der Waals surface area contributed by atoms with Gasteiger partial charge in [0.1, 0.15) is 23.2 Å². The molecular weight excluding hydrogens is 483 g/mol. The van der Waals surface area contributed by atoms with Gasteiger partial charge in [0.2, 0.25) is 0 Å². The van der Waals surface area contributed by atoms with Gasteiger partial charge in [0.15, 0.2) is 14.2 Å². The van der Waals surface area contributed by atoms with E-state index in [1.165, 1.54) is 60.9 Å². The molecule has 0 heterocycles. The molecule has 200 valence electrons. The van der Waals surface area contributed by atoms with E-state index < -0.39 is 15.6 Å². The van der Waals surface area contributed by atoms with Crippen LogP contribution in [0.25, 0.3) is 0 Å². The highest BCUT2D eigenvalue weighted by Gasteiger charge is 2.55. The molecule has 0 fully saturated rings. The summed E-state index contributed by atoms with van der Waals surface area (Å²) in [6.07, 6.45) is 10.3. The summed E-state index contributed by atoms with van der Waals surface area (Å²) in [5.74, 6) is 0.163. The maximum Gasteiger partial charge on any atom is 0.197 e. The topological polar surface area (TPSA) is 9.23 Å². The molecule has 0 saturated heterocycles. The van der Waals surface area contributed by atoms with Gasteiger partial charge in [-0.3, -0.25) is 0 Å². The second-order valence-corrected chi connectivity index (χ2v) is 20.3. The Morgan fingerprint density at radius 2 is 1.00 bits per heavy atom. The van der Waals surface area contributed by atoms with Crippen LogP contribution in [-0.4, -0.2) is 14.2 Å². The average molecular weight is 534 g/mol. The summed E-state index contributed by atoms with van der Waals surface area (Å²) in [6, 6.07) is 33.9. The smallest absolute Gasteiger partial charge is 0.197 e. The number of benzene rings is 3. The Morgan fingerprint density at radius 1 is 0.622 bits per heavy atom. The van der Waals surface area contributed by atoms with Crippen molar-refractivity contribution in [3.63, 3.8) is 0 Å². The highest BCUT2D eigenvalue weighted by Crippen LogP contribution is 2.62. The van der Waals surface area contributed by atoms with E-state index in [0.717, 1.165) is 6.42 Å². The Balaban J connectivity index is 2.13. The van der Waals surface area contributed by atoms with E-state index in [2.05, 4.69) is 132 Å². The van der Waals surface area contributed by atoms with Crippen LogP contribution in [0.15, 0.2) is 91.0 Å². The van der Waals surface area contributed by atoms with E-state index in [1.54, 1.807) is 0 Å². The lowest BCUT2D eigenvalue weighted by Crippen LogP contribution is -2.49. The van der Waals surface area contributed by atoms with Gasteiger partial charge in [-0.1, -0.05) is 121 Å². The molecular formula is C34H50OPSi+. The molecule has 0 aliphatic carbocycles. The first-order valence-electron chi connectivity index (χ1n) is 14.5. The van der Waals surface area contributed by atoms with E-state index in [-0.39, 0.29) is 10.9 Å². The van der Waals surface area contributed by atoms with E-state index in [9.17, 15) is 0 Å². The fourth-order valence-electron chi connectivity index (χ4n) is 5.06. The summed E-state index contributed by atoms with van der Waals surface area (Å²) >= 11 is 0. The van der Waals surface area contributed by atoms with Crippen molar-refractivity contribution in [3.05, 3.63) is 91.0 Å². The van der Waals surface area contributed by atoms with Gasteiger partial charge in [0.25, 0.3) is 0 Å². The van der Waals surface area contributed by atoms with Gasteiger partial charge in [-0.25, -0.2) is 0 Å². The Labute approximate surface area is 229 Å². The largest absolute Gasteiger partial charge is 0.383 e. The first-order valence-corrected chi connectivity index (χ1v) is 19.2. The second kappa shape index (κ2) is 13.9. The molecule has 1 atom stereocenters. The quantitative estimate of drug-likeness (QED) is 0.114. The third-order valence-corrected chi connectivity index (χ3v) is 17.5. The Bertz CT molecular complexity index is 931. The molecule has 0 aliphatic heterocycles. The summed E-state index contributed by atoms with van der Waals surface area (Å²) in [5.41, 5.74) is 0. The summed E-state index contributed by atoms with van der Waals surface area (Å²) in [7, 11) is -4.12.